The molecule has 0 spiro atoms. The van der Waals surface area contributed by atoms with Gasteiger partial charge in [0.2, 0.25) is 0 Å². The van der Waals surface area contributed by atoms with Crippen molar-refractivity contribution in [1.82, 2.24) is 9.97 Å². The fraction of sp³-hybridized carbons (Fsp3) is 0.636. The zero-order chi connectivity index (χ0) is 11.6. The Bertz CT molecular complexity index is 379. The SMILES string of the molecule is CCc1ncnc(NCC2(O)CCC2)c1F. The molecule has 0 radical (unpaired) electrons. The first-order chi connectivity index (χ1) is 7.64. The predicted octanol–water partition coefficient (Wildman–Crippen LogP) is 1.50. The maximum atomic E-state index is 13.7. The molecule has 5 heteroatoms. The lowest BCUT2D eigenvalue weighted by molar-refractivity contribution is -0.0203. The molecule has 0 unspecified atom stereocenters. The molecule has 1 saturated carbocycles. The number of hydrogen-bond donors (Lipinski definition) is 2. The van der Waals surface area contributed by atoms with Gasteiger partial charge in [0.15, 0.2) is 11.6 Å². The van der Waals surface area contributed by atoms with Gasteiger partial charge in [0.05, 0.1) is 11.3 Å². The summed E-state index contributed by atoms with van der Waals surface area (Å²) in [7, 11) is 0. The van der Waals surface area contributed by atoms with Gasteiger partial charge < -0.3 is 10.4 Å². The summed E-state index contributed by atoms with van der Waals surface area (Å²) in [4.78, 5) is 7.69. The van der Waals surface area contributed by atoms with Crippen LogP contribution in [0.25, 0.3) is 0 Å². The molecule has 1 heterocycles. The van der Waals surface area contributed by atoms with Crippen molar-refractivity contribution >= 4 is 5.82 Å². The Morgan fingerprint density at radius 1 is 1.50 bits per heavy atom. The van der Waals surface area contributed by atoms with Crippen LogP contribution in [-0.2, 0) is 6.42 Å². The number of aliphatic hydroxyl groups is 1. The quantitative estimate of drug-likeness (QED) is 0.815. The number of rotatable bonds is 4. The number of nitrogens with zero attached hydrogens (tertiary/aromatic N) is 2. The lowest BCUT2D eigenvalue weighted by Crippen LogP contribution is -2.43. The molecule has 16 heavy (non-hydrogen) atoms. The molecular formula is C11H16FN3O. The lowest BCUT2D eigenvalue weighted by Gasteiger charge is -2.36. The highest BCUT2D eigenvalue weighted by molar-refractivity contribution is 5.37. The molecule has 0 aliphatic heterocycles. The molecule has 0 atom stereocenters. The number of aryl methyl sites for hydroxylation is 1. The molecule has 1 aliphatic rings. The van der Waals surface area contributed by atoms with E-state index < -0.39 is 11.4 Å². The van der Waals surface area contributed by atoms with Gasteiger partial charge in [-0.3, -0.25) is 0 Å². The van der Waals surface area contributed by atoms with Crippen LogP contribution < -0.4 is 5.32 Å². The number of nitrogens with one attached hydrogen (secondary N) is 1. The van der Waals surface area contributed by atoms with Gasteiger partial charge in [-0.25, -0.2) is 14.4 Å². The molecule has 1 fully saturated rings. The highest BCUT2D eigenvalue weighted by atomic mass is 19.1. The summed E-state index contributed by atoms with van der Waals surface area (Å²) in [6.45, 7) is 2.19. The first-order valence-corrected chi connectivity index (χ1v) is 5.60. The zero-order valence-electron chi connectivity index (χ0n) is 9.33. The fourth-order valence-corrected chi connectivity index (χ4v) is 1.79. The molecule has 0 bridgehead atoms. The standard InChI is InChI=1S/C11H16FN3O/c1-2-8-9(12)10(15-7-14-8)13-6-11(16)4-3-5-11/h7,16H,2-6H2,1H3,(H,13,14,15). The molecule has 1 aliphatic carbocycles. The second kappa shape index (κ2) is 4.33. The largest absolute Gasteiger partial charge is 0.388 e. The van der Waals surface area contributed by atoms with E-state index in [0.29, 0.717) is 18.7 Å². The Kier molecular flexibility index (Phi) is 3.05. The van der Waals surface area contributed by atoms with Crippen LogP contribution >= 0.6 is 0 Å². The van der Waals surface area contributed by atoms with Gasteiger partial charge in [-0.1, -0.05) is 6.92 Å². The molecule has 0 aromatic carbocycles. The Morgan fingerprint density at radius 3 is 2.81 bits per heavy atom. The van der Waals surface area contributed by atoms with E-state index >= 15 is 0 Å². The van der Waals surface area contributed by atoms with Gasteiger partial charge in [-0.2, -0.15) is 0 Å². The summed E-state index contributed by atoms with van der Waals surface area (Å²) in [6.07, 6.45) is 4.45. The van der Waals surface area contributed by atoms with Crippen LogP contribution in [0.1, 0.15) is 31.9 Å². The summed E-state index contributed by atoms with van der Waals surface area (Å²) in [6, 6.07) is 0. The summed E-state index contributed by atoms with van der Waals surface area (Å²) in [5.41, 5.74) is -0.276. The Morgan fingerprint density at radius 2 is 2.25 bits per heavy atom. The molecule has 2 rings (SSSR count). The van der Waals surface area contributed by atoms with E-state index in [9.17, 15) is 9.50 Å². The van der Waals surface area contributed by atoms with Crippen LogP contribution in [0.15, 0.2) is 6.33 Å². The second-order valence-corrected chi connectivity index (χ2v) is 4.27. The van der Waals surface area contributed by atoms with Gasteiger partial charge in [0.1, 0.15) is 6.33 Å². The molecule has 1 aromatic heterocycles. The second-order valence-electron chi connectivity index (χ2n) is 4.27. The lowest BCUT2D eigenvalue weighted by atomic mass is 9.80. The van der Waals surface area contributed by atoms with E-state index in [1.54, 1.807) is 0 Å². The van der Waals surface area contributed by atoms with E-state index in [-0.39, 0.29) is 5.82 Å². The smallest absolute Gasteiger partial charge is 0.186 e. The molecule has 0 amide bonds. The van der Waals surface area contributed by atoms with Crippen molar-refractivity contribution in [3.63, 3.8) is 0 Å². The Hall–Kier alpha value is -1.23. The minimum absolute atomic E-state index is 0.187. The average Bonchev–Trinajstić information content (AvgIpc) is 2.25. The summed E-state index contributed by atoms with van der Waals surface area (Å²) in [5, 5.41) is 12.7. The number of halogens is 1. The van der Waals surface area contributed by atoms with Crippen molar-refractivity contribution in [3.05, 3.63) is 17.8 Å². The summed E-state index contributed by atoms with van der Waals surface area (Å²) in [5.74, 6) is -0.222. The Balaban J connectivity index is 2.03. The number of aromatic nitrogens is 2. The van der Waals surface area contributed by atoms with Crippen LogP contribution in [0.5, 0.6) is 0 Å². The topological polar surface area (TPSA) is 58.0 Å². The van der Waals surface area contributed by atoms with Crippen LogP contribution in [0.3, 0.4) is 0 Å². The van der Waals surface area contributed by atoms with Crippen molar-refractivity contribution < 1.29 is 9.50 Å². The van der Waals surface area contributed by atoms with E-state index in [1.807, 2.05) is 6.92 Å². The van der Waals surface area contributed by atoms with E-state index in [2.05, 4.69) is 15.3 Å². The van der Waals surface area contributed by atoms with Gasteiger partial charge in [0.25, 0.3) is 0 Å². The number of anilines is 1. The third kappa shape index (κ3) is 2.14. The molecule has 1 aromatic rings. The maximum Gasteiger partial charge on any atom is 0.186 e. The third-order valence-corrected chi connectivity index (χ3v) is 3.07. The molecule has 2 N–H and O–H groups in total. The first kappa shape index (κ1) is 11.3. The van der Waals surface area contributed by atoms with Crippen molar-refractivity contribution in [3.8, 4) is 0 Å². The minimum Gasteiger partial charge on any atom is -0.388 e. The fourth-order valence-electron chi connectivity index (χ4n) is 1.79. The van der Waals surface area contributed by atoms with Crippen LogP contribution in [0.2, 0.25) is 0 Å². The highest BCUT2D eigenvalue weighted by Crippen LogP contribution is 2.31. The Labute approximate surface area is 93.9 Å². The van der Waals surface area contributed by atoms with Crippen LogP contribution in [0.4, 0.5) is 10.2 Å². The van der Waals surface area contributed by atoms with Crippen molar-refractivity contribution in [2.45, 2.75) is 38.2 Å². The summed E-state index contributed by atoms with van der Waals surface area (Å²) >= 11 is 0. The van der Waals surface area contributed by atoms with Gasteiger partial charge in [0, 0.05) is 6.54 Å². The normalized spacial score (nSPS) is 17.9. The maximum absolute atomic E-state index is 13.7. The average molecular weight is 225 g/mol. The monoisotopic (exact) mass is 225 g/mol. The number of hydrogen-bond acceptors (Lipinski definition) is 4. The molecule has 0 saturated heterocycles. The van der Waals surface area contributed by atoms with Gasteiger partial charge >= 0.3 is 0 Å². The predicted molar refractivity (Wildman–Crippen MR) is 58.7 cm³/mol. The molecule has 88 valence electrons. The molecule has 4 nitrogen and oxygen atoms in total. The van der Waals surface area contributed by atoms with Gasteiger partial charge in [-0.15, -0.1) is 0 Å². The minimum atomic E-state index is -0.677. The van der Waals surface area contributed by atoms with Crippen LogP contribution in [0, 0.1) is 5.82 Å². The van der Waals surface area contributed by atoms with E-state index in [1.165, 1.54) is 6.33 Å². The van der Waals surface area contributed by atoms with Crippen molar-refractivity contribution in [2.75, 3.05) is 11.9 Å². The van der Waals surface area contributed by atoms with E-state index in [4.69, 9.17) is 0 Å². The molecular weight excluding hydrogens is 209 g/mol. The third-order valence-electron chi connectivity index (χ3n) is 3.07. The van der Waals surface area contributed by atoms with E-state index in [0.717, 1.165) is 19.3 Å². The summed E-state index contributed by atoms with van der Waals surface area (Å²) < 4.78 is 13.7. The zero-order valence-corrected chi connectivity index (χ0v) is 9.33. The van der Waals surface area contributed by atoms with Crippen LogP contribution in [-0.4, -0.2) is 27.2 Å². The van der Waals surface area contributed by atoms with Crippen molar-refractivity contribution in [1.29, 1.82) is 0 Å². The first-order valence-electron chi connectivity index (χ1n) is 5.60. The van der Waals surface area contributed by atoms with Gasteiger partial charge in [-0.05, 0) is 25.7 Å². The van der Waals surface area contributed by atoms with Crippen molar-refractivity contribution in [2.24, 2.45) is 0 Å². The highest BCUT2D eigenvalue weighted by Gasteiger charge is 2.34.